The number of aliphatic carboxylic acids is 1. The summed E-state index contributed by atoms with van der Waals surface area (Å²) in [4.78, 5) is 10.8. The first-order valence-electron chi connectivity index (χ1n) is 4.83. The van der Waals surface area contributed by atoms with Gasteiger partial charge in [-0.15, -0.1) is 0 Å². The Bertz CT molecular complexity index is 421. The second-order valence-corrected chi connectivity index (χ2v) is 3.61. The van der Waals surface area contributed by atoms with Crippen LogP contribution in [0.2, 0.25) is 0 Å². The summed E-state index contributed by atoms with van der Waals surface area (Å²) in [5.41, 5.74) is 1.76. The Kier molecular flexibility index (Phi) is 2.46. The Balaban J connectivity index is 2.33. The molecule has 3 heteroatoms. The van der Waals surface area contributed by atoms with E-state index < -0.39 is 11.9 Å². The number of benzene rings is 1. The lowest BCUT2D eigenvalue weighted by Crippen LogP contribution is -2.19. The molecule has 3 nitrogen and oxygen atoms in total. The average Bonchev–Trinajstić information content (AvgIpc) is 2.27. The zero-order valence-corrected chi connectivity index (χ0v) is 8.43. The Labute approximate surface area is 88.0 Å². The molecule has 0 aromatic heterocycles. The molecule has 0 amide bonds. The van der Waals surface area contributed by atoms with Crippen LogP contribution in [-0.2, 0) is 4.79 Å². The summed E-state index contributed by atoms with van der Waals surface area (Å²) >= 11 is 0. The molecule has 0 spiro atoms. The van der Waals surface area contributed by atoms with Crippen molar-refractivity contribution in [3.05, 3.63) is 35.4 Å². The fourth-order valence-electron chi connectivity index (χ4n) is 1.54. The van der Waals surface area contributed by atoms with Crippen molar-refractivity contribution in [3.8, 4) is 5.75 Å². The highest BCUT2D eigenvalue weighted by Gasteiger charge is 2.20. The zero-order valence-electron chi connectivity index (χ0n) is 8.43. The third kappa shape index (κ3) is 1.86. The first-order valence-corrected chi connectivity index (χ1v) is 4.83. The highest BCUT2D eigenvalue weighted by Crippen LogP contribution is 2.28. The Morgan fingerprint density at radius 3 is 2.93 bits per heavy atom. The maximum absolute atomic E-state index is 10.8. The number of carboxylic acid groups (broad SMARTS) is 1. The second kappa shape index (κ2) is 3.77. The van der Waals surface area contributed by atoms with Gasteiger partial charge in [-0.05, 0) is 24.6 Å². The van der Waals surface area contributed by atoms with Crippen molar-refractivity contribution in [3.63, 3.8) is 0 Å². The van der Waals surface area contributed by atoms with Crippen LogP contribution < -0.4 is 4.74 Å². The predicted molar refractivity (Wildman–Crippen MR) is 56.7 cm³/mol. The van der Waals surface area contributed by atoms with E-state index in [-0.39, 0.29) is 0 Å². The van der Waals surface area contributed by atoms with Crippen molar-refractivity contribution in [2.75, 3.05) is 6.61 Å². The van der Waals surface area contributed by atoms with Crippen LogP contribution in [0.5, 0.6) is 5.75 Å². The van der Waals surface area contributed by atoms with Crippen molar-refractivity contribution in [2.45, 2.75) is 6.92 Å². The van der Waals surface area contributed by atoms with E-state index in [2.05, 4.69) is 0 Å². The number of rotatable bonds is 2. The minimum atomic E-state index is -0.816. The molecule has 0 radical (unpaired) electrons. The van der Waals surface area contributed by atoms with Gasteiger partial charge in [-0.2, -0.15) is 0 Å². The molecule has 1 aromatic carbocycles. The summed E-state index contributed by atoms with van der Waals surface area (Å²) in [6.45, 7) is 2.04. The molecule has 1 aliphatic rings. The third-order valence-electron chi connectivity index (χ3n) is 2.58. The molecule has 0 bridgehead atoms. The average molecular weight is 204 g/mol. The van der Waals surface area contributed by atoms with Gasteiger partial charge >= 0.3 is 5.97 Å². The van der Waals surface area contributed by atoms with Crippen molar-refractivity contribution < 1.29 is 14.6 Å². The summed E-state index contributed by atoms with van der Waals surface area (Å²) < 4.78 is 5.48. The van der Waals surface area contributed by atoms with E-state index in [0.29, 0.717) is 6.61 Å². The van der Waals surface area contributed by atoms with E-state index in [1.165, 1.54) is 0 Å². The van der Waals surface area contributed by atoms with Crippen molar-refractivity contribution in [1.29, 1.82) is 0 Å². The molecule has 15 heavy (non-hydrogen) atoms. The van der Waals surface area contributed by atoms with Crippen LogP contribution in [0.3, 0.4) is 0 Å². The Morgan fingerprint density at radius 1 is 1.47 bits per heavy atom. The van der Waals surface area contributed by atoms with Crippen LogP contribution in [-0.4, -0.2) is 17.7 Å². The highest BCUT2D eigenvalue weighted by atomic mass is 16.5. The quantitative estimate of drug-likeness (QED) is 0.803. The van der Waals surface area contributed by atoms with Gasteiger partial charge in [0.15, 0.2) is 0 Å². The van der Waals surface area contributed by atoms with Crippen LogP contribution in [0.4, 0.5) is 0 Å². The van der Waals surface area contributed by atoms with Crippen molar-refractivity contribution in [2.24, 2.45) is 5.92 Å². The van der Waals surface area contributed by atoms with Gasteiger partial charge < -0.3 is 9.84 Å². The van der Waals surface area contributed by atoms with Crippen LogP contribution in [0.25, 0.3) is 6.08 Å². The minimum Gasteiger partial charge on any atom is -0.489 e. The number of para-hydroxylation sites is 1. The van der Waals surface area contributed by atoms with Crippen LogP contribution in [0.1, 0.15) is 12.5 Å². The number of hydrogen-bond donors (Lipinski definition) is 1. The van der Waals surface area contributed by atoms with Crippen LogP contribution >= 0.6 is 0 Å². The van der Waals surface area contributed by atoms with E-state index in [4.69, 9.17) is 9.84 Å². The number of fused-ring (bicyclic) bond motifs is 1. The van der Waals surface area contributed by atoms with Gasteiger partial charge in [0.25, 0.3) is 0 Å². The third-order valence-corrected chi connectivity index (χ3v) is 2.58. The largest absolute Gasteiger partial charge is 0.489 e. The van der Waals surface area contributed by atoms with Gasteiger partial charge in [0.2, 0.25) is 0 Å². The standard InChI is InChI=1S/C12H12O3/c1-8(12(13)14)10-6-9-4-2-3-5-11(9)15-7-10/h2-6,8H,7H2,1H3,(H,13,14). The molecule has 1 atom stereocenters. The Hall–Kier alpha value is -1.77. The Morgan fingerprint density at radius 2 is 2.20 bits per heavy atom. The number of carboxylic acids is 1. The van der Waals surface area contributed by atoms with Gasteiger partial charge in [0.1, 0.15) is 12.4 Å². The smallest absolute Gasteiger partial charge is 0.310 e. The monoisotopic (exact) mass is 204 g/mol. The molecular weight excluding hydrogens is 192 g/mol. The summed E-state index contributed by atoms with van der Waals surface area (Å²) in [6.07, 6.45) is 1.90. The van der Waals surface area contributed by atoms with Gasteiger partial charge in [-0.1, -0.05) is 18.2 Å². The predicted octanol–water partition coefficient (Wildman–Crippen LogP) is 2.18. The van der Waals surface area contributed by atoms with Crippen molar-refractivity contribution >= 4 is 12.0 Å². The molecule has 1 heterocycles. The lowest BCUT2D eigenvalue weighted by molar-refractivity contribution is -0.139. The number of hydrogen-bond acceptors (Lipinski definition) is 2. The van der Waals surface area contributed by atoms with E-state index >= 15 is 0 Å². The van der Waals surface area contributed by atoms with Crippen LogP contribution in [0, 0.1) is 5.92 Å². The SMILES string of the molecule is CC(C(=O)O)C1=Cc2ccccc2OC1. The maximum Gasteiger partial charge on any atom is 0.310 e. The fourth-order valence-corrected chi connectivity index (χ4v) is 1.54. The topological polar surface area (TPSA) is 46.5 Å². The molecule has 0 saturated heterocycles. The van der Waals surface area contributed by atoms with E-state index in [0.717, 1.165) is 16.9 Å². The number of ether oxygens (including phenoxy) is 1. The molecule has 0 fully saturated rings. The molecule has 1 aliphatic heterocycles. The molecule has 0 saturated carbocycles. The van der Waals surface area contributed by atoms with Gasteiger partial charge in [0.05, 0.1) is 5.92 Å². The molecule has 1 unspecified atom stereocenters. The normalized spacial score (nSPS) is 15.9. The maximum atomic E-state index is 10.8. The zero-order chi connectivity index (χ0) is 10.8. The van der Waals surface area contributed by atoms with E-state index in [9.17, 15) is 4.79 Å². The molecular formula is C12H12O3. The molecule has 0 aliphatic carbocycles. The highest BCUT2D eigenvalue weighted by molar-refractivity contribution is 5.77. The van der Waals surface area contributed by atoms with E-state index in [1.807, 2.05) is 30.3 Å². The lowest BCUT2D eigenvalue weighted by Gasteiger charge is -2.19. The fraction of sp³-hybridized carbons (Fsp3) is 0.250. The van der Waals surface area contributed by atoms with E-state index in [1.54, 1.807) is 6.92 Å². The van der Waals surface area contributed by atoms with Gasteiger partial charge in [-0.3, -0.25) is 4.79 Å². The first kappa shape index (κ1) is 9.77. The van der Waals surface area contributed by atoms with Crippen LogP contribution in [0.15, 0.2) is 29.8 Å². The van der Waals surface area contributed by atoms with Gasteiger partial charge in [-0.25, -0.2) is 0 Å². The second-order valence-electron chi connectivity index (χ2n) is 3.61. The summed E-state index contributed by atoms with van der Waals surface area (Å²) in [5.74, 6) is -0.485. The number of carbonyl (C=O) groups is 1. The molecule has 1 N–H and O–H groups in total. The summed E-state index contributed by atoms with van der Waals surface area (Å²) in [5, 5.41) is 8.89. The summed E-state index contributed by atoms with van der Waals surface area (Å²) in [6, 6.07) is 7.61. The molecule has 1 aromatic rings. The van der Waals surface area contributed by atoms with Gasteiger partial charge in [0, 0.05) is 5.56 Å². The molecule has 2 rings (SSSR count). The lowest BCUT2D eigenvalue weighted by atomic mass is 9.97. The first-order chi connectivity index (χ1) is 7.18. The minimum absolute atomic E-state index is 0.366. The summed E-state index contributed by atoms with van der Waals surface area (Å²) in [7, 11) is 0. The molecule has 78 valence electrons. The van der Waals surface area contributed by atoms with Crippen molar-refractivity contribution in [1.82, 2.24) is 0 Å².